The van der Waals surface area contributed by atoms with Crippen molar-refractivity contribution >= 4 is 17.6 Å². The fourth-order valence-corrected chi connectivity index (χ4v) is 1.41. The third-order valence-corrected chi connectivity index (χ3v) is 2.53. The summed E-state index contributed by atoms with van der Waals surface area (Å²) >= 11 is 5.96. The predicted octanol–water partition coefficient (Wildman–Crippen LogP) is 1.76. The maximum absolute atomic E-state index is 11.4. The standard InChI is InChI=1S/C12H17ClN2O3/c1-17-6-7-18-9-15-12(16)14-8-10-4-2-3-5-11(10)13/h2-5H,6-9H2,1H3,(H2,14,15,16). The van der Waals surface area contributed by atoms with Gasteiger partial charge >= 0.3 is 6.03 Å². The molecule has 0 aromatic heterocycles. The molecule has 1 rings (SSSR count). The van der Waals surface area contributed by atoms with Gasteiger partial charge in [0.1, 0.15) is 6.73 Å². The fourth-order valence-electron chi connectivity index (χ4n) is 1.21. The van der Waals surface area contributed by atoms with E-state index in [-0.39, 0.29) is 12.8 Å². The van der Waals surface area contributed by atoms with Gasteiger partial charge in [0.2, 0.25) is 0 Å². The maximum atomic E-state index is 11.4. The number of hydrogen-bond acceptors (Lipinski definition) is 3. The zero-order chi connectivity index (χ0) is 13.2. The van der Waals surface area contributed by atoms with Gasteiger partial charge in [-0.05, 0) is 11.6 Å². The lowest BCUT2D eigenvalue weighted by Gasteiger charge is -2.09. The highest BCUT2D eigenvalue weighted by atomic mass is 35.5. The quantitative estimate of drug-likeness (QED) is 0.587. The van der Waals surface area contributed by atoms with Gasteiger partial charge in [0.05, 0.1) is 13.2 Å². The van der Waals surface area contributed by atoms with Crippen molar-refractivity contribution in [1.29, 1.82) is 0 Å². The van der Waals surface area contributed by atoms with Crippen LogP contribution >= 0.6 is 11.6 Å². The van der Waals surface area contributed by atoms with Crippen molar-refractivity contribution in [2.75, 3.05) is 27.1 Å². The molecule has 0 unspecified atom stereocenters. The van der Waals surface area contributed by atoms with Crippen LogP contribution < -0.4 is 10.6 Å². The number of carbonyl (C=O) groups is 1. The van der Waals surface area contributed by atoms with Gasteiger partial charge in [0.25, 0.3) is 0 Å². The molecule has 1 aromatic carbocycles. The smallest absolute Gasteiger partial charge is 0.316 e. The summed E-state index contributed by atoms with van der Waals surface area (Å²) in [7, 11) is 1.59. The number of halogens is 1. The molecule has 6 heteroatoms. The predicted molar refractivity (Wildman–Crippen MR) is 69.5 cm³/mol. The SMILES string of the molecule is COCCOCNC(=O)NCc1ccccc1Cl. The molecule has 0 spiro atoms. The van der Waals surface area contributed by atoms with Crippen LogP contribution in [0.3, 0.4) is 0 Å². The Kier molecular flexibility index (Phi) is 7.17. The molecule has 0 saturated heterocycles. The van der Waals surface area contributed by atoms with Gasteiger partial charge < -0.3 is 20.1 Å². The van der Waals surface area contributed by atoms with Crippen molar-refractivity contribution in [3.8, 4) is 0 Å². The minimum absolute atomic E-state index is 0.151. The van der Waals surface area contributed by atoms with E-state index in [1.54, 1.807) is 13.2 Å². The lowest BCUT2D eigenvalue weighted by Crippen LogP contribution is -2.36. The summed E-state index contributed by atoms with van der Waals surface area (Å²) in [6.07, 6.45) is 0. The Balaban J connectivity index is 2.15. The molecule has 0 aliphatic carbocycles. The zero-order valence-electron chi connectivity index (χ0n) is 10.2. The molecular formula is C12H17ClN2O3. The summed E-state index contributed by atoms with van der Waals surface area (Å²) < 4.78 is 9.90. The molecule has 0 heterocycles. The number of rotatable bonds is 7. The van der Waals surface area contributed by atoms with Gasteiger partial charge in [-0.1, -0.05) is 29.8 Å². The third-order valence-electron chi connectivity index (χ3n) is 2.16. The average Bonchev–Trinajstić information content (AvgIpc) is 2.37. The van der Waals surface area contributed by atoms with Crippen LogP contribution in [-0.2, 0) is 16.0 Å². The Bertz CT molecular complexity index is 374. The van der Waals surface area contributed by atoms with Crippen LogP contribution in [0.2, 0.25) is 5.02 Å². The Morgan fingerprint density at radius 3 is 2.78 bits per heavy atom. The number of nitrogens with one attached hydrogen (secondary N) is 2. The normalized spacial score (nSPS) is 10.1. The average molecular weight is 273 g/mol. The van der Waals surface area contributed by atoms with Gasteiger partial charge in [0, 0.05) is 18.7 Å². The van der Waals surface area contributed by atoms with E-state index < -0.39 is 0 Å². The van der Waals surface area contributed by atoms with Gasteiger partial charge in [-0.15, -0.1) is 0 Å². The van der Waals surface area contributed by atoms with Gasteiger partial charge in [-0.25, -0.2) is 4.79 Å². The first-order chi connectivity index (χ1) is 8.74. The van der Waals surface area contributed by atoms with E-state index in [1.807, 2.05) is 18.2 Å². The number of hydrogen-bond donors (Lipinski definition) is 2. The first-order valence-electron chi connectivity index (χ1n) is 5.56. The van der Waals surface area contributed by atoms with Crippen LogP contribution in [0.15, 0.2) is 24.3 Å². The molecule has 5 nitrogen and oxygen atoms in total. The molecule has 0 saturated carbocycles. The topological polar surface area (TPSA) is 59.6 Å². The molecule has 2 amide bonds. The van der Waals surface area contributed by atoms with E-state index in [2.05, 4.69) is 10.6 Å². The fraction of sp³-hybridized carbons (Fsp3) is 0.417. The summed E-state index contributed by atoms with van der Waals surface area (Å²) in [5.74, 6) is 0. The second kappa shape index (κ2) is 8.74. The van der Waals surface area contributed by atoms with E-state index in [9.17, 15) is 4.79 Å². The van der Waals surface area contributed by atoms with E-state index in [4.69, 9.17) is 21.1 Å². The van der Waals surface area contributed by atoms with Crippen LogP contribution in [-0.4, -0.2) is 33.1 Å². The highest BCUT2D eigenvalue weighted by Crippen LogP contribution is 2.13. The lowest BCUT2D eigenvalue weighted by atomic mass is 10.2. The number of carbonyl (C=O) groups excluding carboxylic acids is 1. The second-order valence-electron chi connectivity index (χ2n) is 3.50. The monoisotopic (exact) mass is 272 g/mol. The molecule has 18 heavy (non-hydrogen) atoms. The first kappa shape index (κ1) is 14.8. The van der Waals surface area contributed by atoms with E-state index in [0.717, 1.165) is 5.56 Å². The van der Waals surface area contributed by atoms with E-state index in [1.165, 1.54) is 0 Å². The number of urea groups is 1. The highest BCUT2D eigenvalue weighted by molar-refractivity contribution is 6.31. The Morgan fingerprint density at radius 2 is 2.06 bits per heavy atom. The number of amides is 2. The number of methoxy groups -OCH3 is 1. The molecule has 0 radical (unpaired) electrons. The van der Waals surface area contributed by atoms with Crippen molar-refractivity contribution in [2.45, 2.75) is 6.54 Å². The van der Waals surface area contributed by atoms with Crippen molar-refractivity contribution in [2.24, 2.45) is 0 Å². The maximum Gasteiger partial charge on any atom is 0.316 e. The first-order valence-corrected chi connectivity index (χ1v) is 5.93. The molecule has 0 aliphatic rings. The summed E-state index contributed by atoms with van der Waals surface area (Å²) in [6, 6.07) is 7.05. The summed E-state index contributed by atoms with van der Waals surface area (Å²) in [5, 5.41) is 5.88. The molecular weight excluding hydrogens is 256 g/mol. The van der Waals surface area contributed by atoms with E-state index >= 15 is 0 Å². The molecule has 0 atom stereocenters. The molecule has 0 fully saturated rings. The summed E-state index contributed by atoms with van der Waals surface area (Å²) in [4.78, 5) is 11.4. The molecule has 1 aromatic rings. The molecule has 100 valence electrons. The number of ether oxygens (including phenoxy) is 2. The zero-order valence-corrected chi connectivity index (χ0v) is 11.0. The minimum atomic E-state index is -0.299. The highest BCUT2D eigenvalue weighted by Gasteiger charge is 2.02. The van der Waals surface area contributed by atoms with Gasteiger partial charge in [-0.2, -0.15) is 0 Å². The van der Waals surface area contributed by atoms with Crippen molar-refractivity contribution < 1.29 is 14.3 Å². The van der Waals surface area contributed by atoms with Gasteiger partial charge in [-0.3, -0.25) is 0 Å². The van der Waals surface area contributed by atoms with Crippen LogP contribution in [0.1, 0.15) is 5.56 Å². The number of benzene rings is 1. The van der Waals surface area contributed by atoms with Gasteiger partial charge in [0.15, 0.2) is 0 Å². The Labute approximate surface area is 111 Å². The van der Waals surface area contributed by atoms with Crippen LogP contribution in [0.5, 0.6) is 0 Å². The third kappa shape index (κ3) is 5.86. The van der Waals surface area contributed by atoms with Crippen LogP contribution in [0, 0.1) is 0 Å². The molecule has 2 N–H and O–H groups in total. The summed E-state index contributed by atoms with van der Waals surface area (Å²) in [6.45, 7) is 1.48. The van der Waals surface area contributed by atoms with E-state index in [0.29, 0.717) is 24.8 Å². The Morgan fingerprint density at radius 1 is 1.28 bits per heavy atom. The van der Waals surface area contributed by atoms with Crippen LogP contribution in [0.25, 0.3) is 0 Å². The largest absolute Gasteiger partial charge is 0.382 e. The van der Waals surface area contributed by atoms with Crippen molar-refractivity contribution in [3.05, 3.63) is 34.9 Å². The molecule has 0 bridgehead atoms. The Hall–Kier alpha value is -1.30. The molecule has 0 aliphatic heterocycles. The summed E-state index contributed by atoms with van der Waals surface area (Å²) in [5.41, 5.74) is 0.870. The van der Waals surface area contributed by atoms with Crippen molar-refractivity contribution in [3.63, 3.8) is 0 Å². The lowest BCUT2D eigenvalue weighted by molar-refractivity contribution is 0.0642. The minimum Gasteiger partial charge on any atom is -0.382 e. The van der Waals surface area contributed by atoms with Crippen LogP contribution in [0.4, 0.5) is 4.79 Å². The van der Waals surface area contributed by atoms with Crippen molar-refractivity contribution in [1.82, 2.24) is 10.6 Å². The second-order valence-corrected chi connectivity index (χ2v) is 3.90.